The summed E-state index contributed by atoms with van der Waals surface area (Å²) in [6, 6.07) is 6.78. The van der Waals surface area contributed by atoms with Crippen LogP contribution in [-0.2, 0) is 5.54 Å². The Kier molecular flexibility index (Phi) is 3.07. The predicted molar refractivity (Wildman–Crippen MR) is 74.0 cm³/mol. The van der Waals surface area contributed by atoms with Gasteiger partial charge in [0.15, 0.2) is 0 Å². The van der Waals surface area contributed by atoms with Crippen molar-refractivity contribution in [2.75, 3.05) is 0 Å². The third-order valence-corrected chi connectivity index (χ3v) is 4.57. The highest BCUT2D eigenvalue weighted by Crippen LogP contribution is 2.48. The predicted octanol–water partition coefficient (Wildman–Crippen LogP) is 4.06. The van der Waals surface area contributed by atoms with Gasteiger partial charge < -0.3 is 5.73 Å². The van der Waals surface area contributed by atoms with Crippen LogP contribution in [0.1, 0.15) is 56.2 Å². The molecule has 0 amide bonds. The van der Waals surface area contributed by atoms with E-state index in [0.29, 0.717) is 0 Å². The molecule has 1 aliphatic carbocycles. The van der Waals surface area contributed by atoms with Crippen LogP contribution in [0, 0.1) is 19.3 Å². The third-order valence-electron chi connectivity index (χ3n) is 4.57. The molecule has 1 atom stereocenters. The minimum Gasteiger partial charge on any atom is -0.321 e. The van der Waals surface area contributed by atoms with Gasteiger partial charge in [0.2, 0.25) is 0 Å². The summed E-state index contributed by atoms with van der Waals surface area (Å²) in [5, 5.41) is 0. The number of benzene rings is 1. The molecule has 1 unspecified atom stereocenters. The fourth-order valence-electron chi connectivity index (χ4n) is 3.30. The number of hydrogen-bond acceptors (Lipinski definition) is 1. The molecule has 17 heavy (non-hydrogen) atoms. The first-order valence-corrected chi connectivity index (χ1v) is 6.73. The number of nitrogens with two attached hydrogens (primary N) is 1. The summed E-state index contributed by atoms with van der Waals surface area (Å²) in [5.41, 5.74) is 10.8. The van der Waals surface area contributed by atoms with Gasteiger partial charge in [-0.15, -0.1) is 0 Å². The van der Waals surface area contributed by atoms with Gasteiger partial charge in [0.1, 0.15) is 0 Å². The summed E-state index contributed by atoms with van der Waals surface area (Å²) < 4.78 is 0. The summed E-state index contributed by atoms with van der Waals surface area (Å²) in [5.74, 6) is 0. The Morgan fingerprint density at radius 3 is 2.00 bits per heavy atom. The zero-order chi connectivity index (χ0) is 12.7. The number of hydrogen-bond donors (Lipinski definition) is 1. The SMILES string of the molecule is Cc1cc(C)cc(C2(N)CCCCC2(C)C)c1. The average molecular weight is 231 g/mol. The van der Waals surface area contributed by atoms with Gasteiger partial charge in [-0.2, -0.15) is 0 Å². The van der Waals surface area contributed by atoms with E-state index >= 15 is 0 Å². The smallest absolute Gasteiger partial charge is 0.0461 e. The molecule has 0 aliphatic heterocycles. The van der Waals surface area contributed by atoms with Crippen LogP contribution in [0.2, 0.25) is 0 Å². The van der Waals surface area contributed by atoms with Crippen molar-refractivity contribution >= 4 is 0 Å². The Morgan fingerprint density at radius 1 is 0.941 bits per heavy atom. The van der Waals surface area contributed by atoms with Crippen LogP contribution in [0.15, 0.2) is 18.2 Å². The van der Waals surface area contributed by atoms with Gasteiger partial charge in [-0.1, -0.05) is 56.0 Å². The second kappa shape index (κ2) is 4.13. The molecule has 2 rings (SSSR count). The summed E-state index contributed by atoms with van der Waals surface area (Å²) in [6.07, 6.45) is 4.92. The third kappa shape index (κ3) is 2.13. The van der Waals surface area contributed by atoms with E-state index in [2.05, 4.69) is 45.9 Å². The van der Waals surface area contributed by atoms with Crippen LogP contribution in [0.4, 0.5) is 0 Å². The van der Waals surface area contributed by atoms with Gasteiger partial charge in [0.25, 0.3) is 0 Å². The molecule has 1 heteroatoms. The maximum Gasteiger partial charge on any atom is 0.0461 e. The van der Waals surface area contributed by atoms with E-state index in [1.165, 1.54) is 36.0 Å². The van der Waals surface area contributed by atoms with Crippen LogP contribution < -0.4 is 5.73 Å². The van der Waals surface area contributed by atoms with Crippen LogP contribution in [-0.4, -0.2) is 0 Å². The highest BCUT2D eigenvalue weighted by Gasteiger charge is 2.44. The second-order valence-corrected chi connectivity index (χ2v) is 6.44. The molecule has 0 heterocycles. The van der Waals surface area contributed by atoms with Crippen molar-refractivity contribution in [1.82, 2.24) is 0 Å². The minimum atomic E-state index is -0.151. The van der Waals surface area contributed by atoms with Crippen LogP contribution >= 0.6 is 0 Å². The van der Waals surface area contributed by atoms with Crippen LogP contribution in [0.25, 0.3) is 0 Å². The summed E-state index contributed by atoms with van der Waals surface area (Å²) in [6.45, 7) is 8.97. The molecule has 0 aromatic heterocycles. The van der Waals surface area contributed by atoms with E-state index in [-0.39, 0.29) is 11.0 Å². The fraction of sp³-hybridized carbons (Fsp3) is 0.625. The van der Waals surface area contributed by atoms with Crippen molar-refractivity contribution in [3.63, 3.8) is 0 Å². The summed E-state index contributed by atoms with van der Waals surface area (Å²) in [4.78, 5) is 0. The normalized spacial score (nSPS) is 28.1. The molecule has 1 fully saturated rings. The van der Waals surface area contributed by atoms with Gasteiger partial charge in [0.05, 0.1) is 0 Å². The van der Waals surface area contributed by atoms with E-state index in [0.717, 1.165) is 6.42 Å². The number of aryl methyl sites for hydroxylation is 2. The van der Waals surface area contributed by atoms with Gasteiger partial charge in [-0.25, -0.2) is 0 Å². The zero-order valence-electron chi connectivity index (χ0n) is 11.6. The Bertz CT molecular complexity index is 399. The molecule has 0 spiro atoms. The minimum absolute atomic E-state index is 0.151. The van der Waals surface area contributed by atoms with Gasteiger partial charge >= 0.3 is 0 Å². The molecule has 1 saturated carbocycles. The molecule has 1 aromatic carbocycles. The van der Waals surface area contributed by atoms with E-state index < -0.39 is 0 Å². The summed E-state index contributed by atoms with van der Waals surface area (Å²) in [7, 11) is 0. The molecule has 0 radical (unpaired) electrons. The van der Waals surface area contributed by atoms with E-state index in [4.69, 9.17) is 5.73 Å². The second-order valence-electron chi connectivity index (χ2n) is 6.44. The van der Waals surface area contributed by atoms with Crippen molar-refractivity contribution in [1.29, 1.82) is 0 Å². The first-order valence-electron chi connectivity index (χ1n) is 6.73. The van der Waals surface area contributed by atoms with E-state index in [1.54, 1.807) is 0 Å². The topological polar surface area (TPSA) is 26.0 Å². The van der Waals surface area contributed by atoms with Crippen molar-refractivity contribution < 1.29 is 0 Å². The maximum absolute atomic E-state index is 6.80. The Morgan fingerprint density at radius 2 is 1.47 bits per heavy atom. The van der Waals surface area contributed by atoms with Gasteiger partial charge in [-0.05, 0) is 37.7 Å². The van der Waals surface area contributed by atoms with Crippen molar-refractivity contribution in [3.05, 3.63) is 34.9 Å². The highest BCUT2D eigenvalue weighted by atomic mass is 14.8. The largest absolute Gasteiger partial charge is 0.321 e. The lowest BCUT2D eigenvalue weighted by molar-refractivity contribution is 0.0978. The standard InChI is InChI=1S/C16H25N/c1-12-9-13(2)11-14(10-12)16(17)8-6-5-7-15(16,3)4/h9-11H,5-8,17H2,1-4H3. The van der Waals surface area contributed by atoms with E-state index in [9.17, 15) is 0 Å². The molecule has 0 bridgehead atoms. The molecule has 1 aliphatic rings. The summed E-state index contributed by atoms with van der Waals surface area (Å²) >= 11 is 0. The molecule has 1 aromatic rings. The maximum atomic E-state index is 6.80. The molecule has 0 saturated heterocycles. The lowest BCUT2D eigenvalue weighted by atomic mass is 9.60. The zero-order valence-corrected chi connectivity index (χ0v) is 11.6. The Balaban J connectivity index is 2.49. The van der Waals surface area contributed by atoms with Crippen molar-refractivity contribution in [2.24, 2.45) is 11.1 Å². The van der Waals surface area contributed by atoms with Gasteiger partial charge in [-0.3, -0.25) is 0 Å². The quantitative estimate of drug-likeness (QED) is 0.775. The van der Waals surface area contributed by atoms with E-state index in [1.807, 2.05) is 0 Å². The molecule has 1 nitrogen and oxygen atoms in total. The molecule has 2 N–H and O–H groups in total. The van der Waals surface area contributed by atoms with Crippen molar-refractivity contribution in [3.8, 4) is 0 Å². The molecular weight excluding hydrogens is 206 g/mol. The lowest BCUT2D eigenvalue weighted by Gasteiger charge is -2.48. The van der Waals surface area contributed by atoms with Gasteiger partial charge in [0, 0.05) is 5.54 Å². The highest BCUT2D eigenvalue weighted by molar-refractivity contribution is 5.35. The molecule has 94 valence electrons. The van der Waals surface area contributed by atoms with Crippen molar-refractivity contribution in [2.45, 2.75) is 58.9 Å². The van der Waals surface area contributed by atoms with Crippen LogP contribution in [0.5, 0.6) is 0 Å². The average Bonchev–Trinajstić information content (AvgIpc) is 2.21. The number of rotatable bonds is 1. The lowest BCUT2D eigenvalue weighted by Crippen LogP contribution is -2.51. The fourth-order valence-corrected chi connectivity index (χ4v) is 3.30. The molecular formula is C16H25N. The first kappa shape index (κ1) is 12.6. The Hall–Kier alpha value is -0.820. The Labute approximate surface area is 105 Å². The monoisotopic (exact) mass is 231 g/mol. The van der Waals surface area contributed by atoms with Crippen LogP contribution in [0.3, 0.4) is 0 Å². The first-order chi connectivity index (χ1) is 7.85.